The molecule has 0 aliphatic heterocycles. The molecule has 16 heavy (non-hydrogen) atoms. The van der Waals surface area contributed by atoms with Crippen molar-refractivity contribution in [3.63, 3.8) is 0 Å². The van der Waals surface area contributed by atoms with Gasteiger partial charge in [0.1, 0.15) is 5.56 Å². The van der Waals surface area contributed by atoms with Crippen molar-refractivity contribution in [2.75, 3.05) is 20.7 Å². The van der Waals surface area contributed by atoms with Gasteiger partial charge in [-0.25, -0.2) is 8.78 Å². The van der Waals surface area contributed by atoms with Gasteiger partial charge < -0.3 is 10.1 Å². The minimum absolute atomic E-state index is 0.132. The van der Waals surface area contributed by atoms with Crippen molar-refractivity contribution >= 4 is 17.4 Å². The number of benzene rings is 1. The Kier molecular flexibility index (Phi) is 4.20. The minimum Gasteiger partial charge on any atom is -0.494 e. The van der Waals surface area contributed by atoms with Gasteiger partial charge in [0.2, 0.25) is 0 Å². The molecule has 0 amide bonds. The van der Waals surface area contributed by atoms with Crippen LogP contribution in [0.5, 0.6) is 5.75 Å². The van der Waals surface area contributed by atoms with E-state index in [1.807, 2.05) is 0 Å². The predicted octanol–water partition coefficient (Wildman–Crippen LogP) is 2.03. The number of methoxy groups -OCH3 is 1. The molecule has 0 bridgehead atoms. The Hall–Kier alpha value is -1.20. The number of hydrogen-bond acceptors (Lipinski definition) is 3. The summed E-state index contributed by atoms with van der Waals surface area (Å²) in [6.45, 7) is -0.132. The highest BCUT2D eigenvalue weighted by Gasteiger charge is 2.23. The zero-order valence-corrected chi connectivity index (χ0v) is 9.49. The molecule has 0 unspecified atom stereocenters. The summed E-state index contributed by atoms with van der Waals surface area (Å²) in [7, 11) is 2.75. The Morgan fingerprint density at radius 2 is 2.19 bits per heavy atom. The zero-order chi connectivity index (χ0) is 12.3. The van der Waals surface area contributed by atoms with E-state index in [0.717, 1.165) is 6.07 Å². The van der Waals surface area contributed by atoms with Crippen molar-refractivity contribution in [1.29, 1.82) is 0 Å². The SMILES string of the molecule is CNCC(=O)c1c(F)c(F)cc(Cl)c1OC. The Morgan fingerprint density at radius 1 is 1.56 bits per heavy atom. The van der Waals surface area contributed by atoms with E-state index in [9.17, 15) is 13.6 Å². The predicted molar refractivity (Wildman–Crippen MR) is 56.2 cm³/mol. The van der Waals surface area contributed by atoms with Gasteiger partial charge in [-0.2, -0.15) is 0 Å². The van der Waals surface area contributed by atoms with Crippen molar-refractivity contribution in [2.24, 2.45) is 0 Å². The number of Topliss-reactive ketones (excluding diaryl/α,β-unsaturated/α-hetero) is 1. The monoisotopic (exact) mass is 249 g/mol. The molecule has 3 nitrogen and oxygen atoms in total. The molecule has 0 aliphatic rings. The van der Waals surface area contributed by atoms with Crippen molar-refractivity contribution in [1.82, 2.24) is 5.32 Å². The summed E-state index contributed by atoms with van der Waals surface area (Å²) in [4.78, 5) is 11.5. The number of likely N-dealkylation sites (N-methyl/N-ethyl adjacent to an activating group) is 1. The van der Waals surface area contributed by atoms with Crippen LogP contribution in [0.1, 0.15) is 10.4 Å². The Morgan fingerprint density at radius 3 is 2.69 bits per heavy atom. The van der Waals surface area contributed by atoms with Gasteiger partial charge in [0.05, 0.1) is 18.7 Å². The summed E-state index contributed by atoms with van der Waals surface area (Å²) >= 11 is 5.65. The Balaban J connectivity index is 3.38. The Bertz CT molecular complexity index is 424. The van der Waals surface area contributed by atoms with Crippen LogP contribution in [0.3, 0.4) is 0 Å². The third kappa shape index (κ3) is 2.31. The fourth-order valence-electron chi connectivity index (χ4n) is 1.28. The summed E-state index contributed by atoms with van der Waals surface area (Å²) in [6, 6.07) is 0.770. The minimum atomic E-state index is -1.25. The maximum atomic E-state index is 13.4. The van der Waals surface area contributed by atoms with Crippen LogP contribution in [0.2, 0.25) is 5.02 Å². The maximum Gasteiger partial charge on any atom is 0.183 e. The number of hydrogen-bond donors (Lipinski definition) is 1. The maximum absolute atomic E-state index is 13.4. The average molecular weight is 250 g/mol. The first kappa shape index (κ1) is 12.9. The van der Waals surface area contributed by atoms with Gasteiger partial charge in [0, 0.05) is 0 Å². The van der Waals surface area contributed by atoms with Crippen molar-refractivity contribution < 1.29 is 18.3 Å². The second-order valence-electron chi connectivity index (χ2n) is 3.02. The van der Waals surface area contributed by atoms with E-state index in [1.54, 1.807) is 0 Å². The number of carbonyl (C=O) groups is 1. The molecule has 6 heteroatoms. The topological polar surface area (TPSA) is 38.3 Å². The first-order valence-electron chi connectivity index (χ1n) is 4.42. The molecule has 0 aliphatic carbocycles. The highest BCUT2D eigenvalue weighted by atomic mass is 35.5. The molecule has 0 aromatic heterocycles. The number of halogens is 3. The van der Waals surface area contributed by atoms with E-state index < -0.39 is 23.0 Å². The highest BCUT2D eigenvalue weighted by molar-refractivity contribution is 6.32. The number of carbonyl (C=O) groups excluding carboxylic acids is 1. The van der Waals surface area contributed by atoms with Crippen molar-refractivity contribution in [3.05, 3.63) is 28.3 Å². The highest BCUT2D eigenvalue weighted by Crippen LogP contribution is 2.32. The molecule has 0 fully saturated rings. The van der Waals surface area contributed by atoms with Crippen LogP contribution in [0.25, 0.3) is 0 Å². The lowest BCUT2D eigenvalue weighted by atomic mass is 10.1. The largest absolute Gasteiger partial charge is 0.494 e. The first-order chi connectivity index (χ1) is 7.52. The van der Waals surface area contributed by atoms with Crippen LogP contribution in [0.15, 0.2) is 6.07 Å². The molecule has 1 aromatic rings. The van der Waals surface area contributed by atoms with Crippen LogP contribution < -0.4 is 10.1 Å². The number of rotatable bonds is 4. The van der Waals surface area contributed by atoms with E-state index >= 15 is 0 Å². The lowest BCUT2D eigenvalue weighted by Crippen LogP contribution is -2.21. The van der Waals surface area contributed by atoms with E-state index in [-0.39, 0.29) is 17.3 Å². The molecule has 88 valence electrons. The van der Waals surface area contributed by atoms with Gasteiger partial charge in [-0.3, -0.25) is 4.79 Å². The smallest absolute Gasteiger partial charge is 0.183 e. The van der Waals surface area contributed by atoms with E-state index in [4.69, 9.17) is 16.3 Å². The van der Waals surface area contributed by atoms with Gasteiger partial charge in [0.15, 0.2) is 23.2 Å². The Labute approximate surface area is 96.4 Å². The number of ketones is 1. The van der Waals surface area contributed by atoms with Crippen LogP contribution in [-0.2, 0) is 0 Å². The van der Waals surface area contributed by atoms with E-state index in [1.165, 1.54) is 14.2 Å². The lowest BCUT2D eigenvalue weighted by molar-refractivity contribution is 0.0985. The summed E-state index contributed by atoms with van der Waals surface area (Å²) in [5.41, 5.74) is -0.471. The molecule has 1 aromatic carbocycles. The van der Waals surface area contributed by atoms with E-state index in [0.29, 0.717) is 0 Å². The second-order valence-corrected chi connectivity index (χ2v) is 3.42. The van der Waals surface area contributed by atoms with Gasteiger partial charge in [0.25, 0.3) is 0 Å². The molecular weight excluding hydrogens is 240 g/mol. The summed E-state index contributed by atoms with van der Waals surface area (Å²) in [5, 5.41) is 2.41. The molecule has 0 atom stereocenters. The normalized spacial score (nSPS) is 10.3. The lowest BCUT2D eigenvalue weighted by Gasteiger charge is -2.10. The van der Waals surface area contributed by atoms with Crippen LogP contribution in [0.4, 0.5) is 8.78 Å². The van der Waals surface area contributed by atoms with Crippen LogP contribution in [0, 0.1) is 11.6 Å². The zero-order valence-electron chi connectivity index (χ0n) is 8.73. The van der Waals surface area contributed by atoms with Crippen LogP contribution in [-0.4, -0.2) is 26.5 Å². The standard InChI is InChI=1S/C10H10ClF2NO2/c1-14-4-7(15)8-9(13)6(12)3-5(11)10(8)16-2/h3,14H,4H2,1-2H3. The summed E-state index contributed by atoms with van der Waals surface area (Å²) in [6.07, 6.45) is 0. The molecule has 0 heterocycles. The second kappa shape index (κ2) is 5.23. The first-order valence-corrected chi connectivity index (χ1v) is 4.80. The fourth-order valence-corrected chi connectivity index (χ4v) is 1.54. The van der Waals surface area contributed by atoms with Gasteiger partial charge in [-0.15, -0.1) is 0 Å². The molecule has 0 saturated carbocycles. The van der Waals surface area contributed by atoms with Gasteiger partial charge in [-0.05, 0) is 13.1 Å². The molecule has 0 spiro atoms. The van der Waals surface area contributed by atoms with E-state index in [2.05, 4.69) is 5.32 Å². The number of nitrogens with one attached hydrogen (secondary N) is 1. The fraction of sp³-hybridized carbons (Fsp3) is 0.300. The van der Waals surface area contributed by atoms with Crippen LogP contribution >= 0.6 is 11.6 Å². The van der Waals surface area contributed by atoms with Gasteiger partial charge >= 0.3 is 0 Å². The number of ether oxygens (including phenoxy) is 1. The van der Waals surface area contributed by atoms with Crippen molar-refractivity contribution in [3.8, 4) is 5.75 Å². The molecule has 1 N–H and O–H groups in total. The quantitative estimate of drug-likeness (QED) is 0.655. The van der Waals surface area contributed by atoms with Crippen molar-refractivity contribution in [2.45, 2.75) is 0 Å². The molecule has 1 rings (SSSR count). The molecule has 0 radical (unpaired) electrons. The molecule has 0 saturated heterocycles. The average Bonchev–Trinajstić information content (AvgIpc) is 2.23. The summed E-state index contributed by atoms with van der Waals surface area (Å²) in [5.74, 6) is -3.20. The van der Waals surface area contributed by atoms with Gasteiger partial charge in [-0.1, -0.05) is 11.6 Å². The third-order valence-corrected chi connectivity index (χ3v) is 2.23. The summed E-state index contributed by atoms with van der Waals surface area (Å²) < 4.78 is 31.3. The third-order valence-electron chi connectivity index (χ3n) is 1.95. The molecular formula is C10H10ClF2NO2.